The Morgan fingerprint density at radius 3 is 2.04 bits per heavy atom. The summed E-state index contributed by atoms with van der Waals surface area (Å²) in [5.41, 5.74) is 0.390. The van der Waals surface area contributed by atoms with E-state index in [9.17, 15) is 19.5 Å². The number of aromatic carboxylic acids is 2. The second-order valence-corrected chi connectivity index (χ2v) is 5.23. The molecule has 3 rings (SSSR count). The highest BCUT2D eigenvalue weighted by Crippen LogP contribution is 2.26. The Morgan fingerprint density at radius 1 is 0.708 bits per heavy atom. The van der Waals surface area contributed by atoms with Crippen molar-refractivity contribution < 1.29 is 24.6 Å². The number of carboxylic acids is 2. The Hall–Kier alpha value is -3.47. The van der Waals surface area contributed by atoms with E-state index in [1.54, 1.807) is 30.3 Å². The summed E-state index contributed by atoms with van der Waals surface area (Å²) in [5, 5.41) is 19.4. The van der Waals surface area contributed by atoms with Gasteiger partial charge in [-0.3, -0.25) is 4.79 Å². The maximum atomic E-state index is 12.8. The van der Waals surface area contributed by atoms with Gasteiger partial charge in [0.25, 0.3) is 0 Å². The summed E-state index contributed by atoms with van der Waals surface area (Å²) in [7, 11) is 0. The van der Waals surface area contributed by atoms with Crippen molar-refractivity contribution in [3.05, 3.63) is 82.9 Å². The molecule has 0 aliphatic rings. The van der Waals surface area contributed by atoms with E-state index in [0.717, 1.165) is 0 Å². The summed E-state index contributed by atoms with van der Waals surface area (Å²) in [4.78, 5) is 35.5. The number of rotatable bonds is 4. The molecular weight excluding hydrogens is 308 g/mol. The van der Waals surface area contributed by atoms with E-state index >= 15 is 0 Å². The topological polar surface area (TPSA) is 91.7 Å². The monoisotopic (exact) mass is 320 g/mol. The zero-order valence-corrected chi connectivity index (χ0v) is 12.4. The van der Waals surface area contributed by atoms with Crippen molar-refractivity contribution in [2.24, 2.45) is 0 Å². The summed E-state index contributed by atoms with van der Waals surface area (Å²) in [5.74, 6) is -2.71. The zero-order valence-electron chi connectivity index (χ0n) is 12.4. The van der Waals surface area contributed by atoms with E-state index in [1.807, 2.05) is 0 Å². The first kappa shape index (κ1) is 15.4. The normalized spacial score (nSPS) is 10.5. The fourth-order valence-electron chi connectivity index (χ4n) is 2.62. The Morgan fingerprint density at radius 2 is 1.42 bits per heavy atom. The van der Waals surface area contributed by atoms with Crippen molar-refractivity contribution in [2.45, 2.75) is 0 Å². The van der Waals surface area contributed by atoms with E-state index < -0.39 is 17.7 Å². The molecule has 0 atom stereocenters. The molecule has 0 amide bonds. The molecule has 118 valence electrons. The molecule has 0 bridgehead atoms. The number of hydrogen-bond acceptors (Lipinski definition) is 3. The van der Waals surface area contributed by atoms with Gasteiger partial charge in [0.2, 0.25) is 0 Å². The summed E-state index contributed by atoms with van der Waals surface area (Å²) in [6.45, 7) is 0. The zero-order chi connectivity index (χ0) is 17.3. The molecule has 0 aromatic heterocycles. The van der Waals surface area contributed by atoms with Crippen LogP contribution in [0.15, 0.2) is 60.7 Å². The summed E-state index contributed by atoms with van der Waals surface area (Å²) < 4.78 is 0. The minimum absolute atomic E-state index is 0.0585. The molecule has 0 aliphatic carbocycles. The minimum atomic E-state index is -1.21. The van der Waals surface area contributed by atoms with E-state index in [0.29, 0.717) is 16.3 Å². The number of hydrogen-bond donors (Lipinski definition) is 2. The number of carbonyl (C=O) groups is 3. The number of fused-ring (bicyclic) bond motifs is 1. The minimum Gasteiger partial charge on any atom is -0.478 e. The highest BCUT2D eigenvalue weighted by atomic mass is 16.4. The number of carbonyl (C=O) groups excluding carboxylic acids is 1. The summed E-state index contributed by atoms with van der Waals surface area (Å²) in [6, 6.07) is 15.5. The smallest absolute Gasteiger partial charge is 0.336 e. The van der Waals surface area contributed by atoms with Crippen LogP contribution in [0.1, 0.15) is 36.6 Å². The lowest BCUT2D eigenvalue weighted by Gasteiger charge is -2.10. The fourth-order valence-corrected chi connectivity index (χ4v) is 2.62. The van der Waals surface area contributed by atoms with Crippen LogP contribution in [0, 0.1) is 0 Å². The molecule has 0 saturated carbocycles. The van der Waals surface area contributed by atoms with Crippen LogP contribution in [0.3, 0.4) is 0 Å². The lowest BCUT2D eigenvalue weighted by molar-refractivity contribution is 0.0684. The van der Waals surface area contributed by atoms with Crippen LogP contribution in [0.5, 0.6) is 0 Å². The van der Waals surface area contributed by atoms with Gasteiger partial charge in [-0.15, -0.1) is 0 Å². The molecule has 0 radical (unpaired) electrons. The first-order valence-corrected chi connectivity index (χ1v) is 7.12. The number of ketones is 1. The quantitative estimate of drug-likeness (QED) is 0.718. The third-order valence-electron chi connectivity index (χ3n) is 3.76. The second kappa shape index (κ2) is 5.96. The van der Waals surface area contributed by atoms with Gasteiger partial charge in [0.1, 0.15) is 0 Å². The van der Waals surface area contributed by atoms with E-state index in [-0.39, 0.29) is 16.7 Å². The van der Waals surface area contributed by atoms with Crippen LogP contribution in [-0.2, 0) is 0 Å². The molecule has 5 nitrogen and oxygen atoms in total. The second-order valence-electron chi connectivity index (χ2n) is 5.23. The van der Waals surface area contributed by atoms with Crippen molar-refractivity contribution >= 4 is 28.5 Å². The van der Waals surface area contributed by atoms with Crippen molar-refractivity contribution in [3.63, 3.8) is 0 Å². The SMILES string of the molecule is O=C(O)c1ccc2c(C(=O)c3ccccc3)c(C(=O)O)ccc2c1. The lowest BCUT2D eigenvalue weighted by atomic mass is 9.92. The van der Waals surface area contributed by atoms with Crippen LogP contribution in [0.25, 0.3) is 10.8 Å². The highest BCUT2D eigenvalue weighted by Gasteiger charge is 2.21. The predicted molar refractivity (Wildman–Crippen MR) is 87.7 cm³/mol. The third-order valence-corrected chi connectivity index (χ3v) is 3.76. The molecule has 2 N–H and O–H groups in total. The molecule has 0 unspecified atom stereocenters. The van der Waals surface area contributed by atoms with Crippen LogP contribution < -0.4 is 0 Å². The average molecular weight is 320 g/mol. The van der Waals surface area contributed by atoms with Gasteiger partial charge in [0, 0.05) is 11.1 Å². The number of carboxylic acid groups (broad SMARTS) is 2. The van der Waals surface area contributed by atoms with E-state index in [2.05, 4.69) is 0 Å². The molecule has 3 aromatic rings. The van der Waals surface area contributed by atoms with Gasteiger partial charge in [0.15, 0.2) is 5.78 Å². The van der Waals surface area contributed by atoms with Crippen LogP contribution in [0.2, 0.25) is 0 Å². The van der Waals surface area contributed by atoms with Crippen LogP contribution in [0.4, 0.5) is 0 Å². The van der Waals surface area contributed by atoms with Crippen LogP contribution in [-0.4, -0.2) is 27.9 Å². The molecule has 24 heavy (non-hydrogen) atoms. The van der Waals surface area contributed by atoms with E-state index in [4.69, 9.17) is 5.11 Å². The molecule has 0 spiro atoms. The Balaban J connectivity index is 2.30. The Labute approximate surface area is 136 Å². The summed E-state index contributed by atoms with van der Waals surface area (Å²) in [6.07, 6.45) is 0. The van der Waals surface area contributed by atoms with Gasteiger partial charge < -0.3 is 10.2 Å². The molecule has 0 aliphatic heterocycles. The molecule has 3 aromatic carbocycles. The van der Waals surface area contributed by atoms with Crippen molar-refractivity contribution in [3.8, 4) is 0 Å². The molecule has 0 saturated heterocycles. The van der Waals surface area contributed by atoms with Crippen LogP contribution >= 0.6 is 0 Å². The first-order valence-electron chi connectivity index (χ1n) is 7.12. The first-order chi connectivity index (χ1) is 11.5. The van der Waals surface area contributed by atoms with Crippen molar-refractivity contribution in [1.82, 2.24) is 0 Å². The number of benzene rings is 3. The van der Waals surface area contributed by atoms with Gasteiger partial charge in [-0.05, 0) is 29.0 Å². The lowest BCUT2D eigenvalue weighted by Crippen LogP contribution is -2.11. The van der Waals surface area contributed by atoms with Gasteiger partial charge >= 0.3 is 11.9 Å². The van der Waals surface area contributed by atoms with E-state index in [1.165, 1.54) is 30.3 Å². The predicted octanol–water partition coefficient (Wildman–Crippen LogP) is 3.47. The maximum absolute atomic E-state index is 12.8. The Bertz CT molecular complexity index is 974. The molecular formula is C19H12O5. The van der Waals surface area contributed by atoms with Gasteiger partial charge in [-0.2, -0.15) is 0 Å². The van der Waals surface area contributed by atoms with Crippen molar-refractivity contribution in [2.75, 3.05) is 0 Å². The molecule has 5 heteroatoms. The largest absolute Gasteiger partial charge is 0.478 e. The maximum Gasteiger partial charge on any atom is 0.336 e. The van der Waals surface area contributed by atoms with Gasteiger partial charge in [-0.25, -0.2) is 9.59 Å². The standard InChI is InChI=1S/C19H12O5/c20-17(11-4-2-1-3-5-11)16-14-8-7-13(18(21)22)10-12(14)6-9-15(16)19(23)24/h1-10H,(H,21,22)(H,23,24). The molecule has 0 heterocycles. The molecule has 0 fully saturated rings. The Kier molecular flexibility index (Phi) is 3.83. The van der Waals surface area contributed by atoms with Gasteiger partial charge in [0.05, 0.1) is 11.1 Å². The fraction of sp³-hybridized carbons (Fsp3) is 0. The summed E-state index contributed by atoms with van der Waals surface area (Å²) >= 11 is 0. The highest BCUT2D eigenvalue weighted by molar-refractivity contribution is 6.21. The van der Waals surface area contributed by atoms with Crippen molar-refractivity contribution in [1.29, 1.82) is 0 Å². The third kappa shape index (κ3) is 2.63. The average Bonchev–Trinajstić information content (AvgIpc) is 2.60. The van der Waals surface area contributed by atoms with Gasteiger partial charge in [-0.1, -0.05) is 42.5 Å².